The second kappa shape index (κ2) is 10.2. The number of carbonyl (C=O) groups is 2. The first-order valence-electron chi connectivity index (χ1n) is 11.4. The van der Waals surface area contributed by atoms with Crippen LogP contribution in [0.3, 0.4) is 0 Å². The molecule has 4 heterocycles. The SMILES string of the molecule is CC1=C(Nc2nc(-c3cccs3)nc3sc(Cc4cccc(OCCN(C)C)c4)cc23)C(=O)NC1=O. The Morgan fingerprint density at radius 2 is 1.94 bits per heavy atom. The number of likely N-dealkylation sites (N-methyl/N-ethyl adjacent to an activating group) is 1. The molecular formula is C26H25N5O3S2. The van der Waals surface area contributed by atoms with Crippen LogP contribution in [0.2, 0.25) is 0 Å². The largest absolute Gasteiger partial charge is 0.492 e. The van der Waals surface area contributed by atoms with E-state index in [4.69, 9.17) is 14.7 Å². The van der Waals surface area contributed by atoms with Gasteiger partial charge in [0.05, 0.1) is 10.3 Å². The minimum Gasteiger partial charge on any atom is -0.492 e. The van der Waals surface area contributed by atoms with E-state index in [-0.39, 0.29) is 5.70 Å². The van der Waals surface area contributed by atoms with Crippen molar-refractivity contribution in [2.24, 2.45) is 0 Å². The summed E-state index contributed by atoms with van der Waals surface area (Å²) in [6.45, 7) is 3.09. The Labute approximate surface area is 216 Å². The number of nitrogens with one attached hydrogen (secondary N) is 2. The summed E-state index contributed by atoms with van der Waals surface area (Å²) in [4.78, 5) is 38.8. The van der Waals surface area contributed by atoms with E-state index in [1.807, 2.05) is 49.8 Å². The second-order valence-electron chi connectivity index (χ2n) is 8.69. The van der Waals surface area contributed by atoms with Gasteiger partial charge in [0.2, 0.25) is 0 Å². The van der Waals surface area contributed by atoms with Gasteiger partial charge in [-0.2, -0.15) is 0 Å². The smallest absolute Gasteiger partial charge is 0.275 e. The Morgan fingerprint density at radius 1 is 1.08 bits per heavy atom. The summed E-state index contributed by atoms with van der Waals surface area (Å²) in [6.07, 6.45) is 0.709. The number of carbonyl (C=O) groups excluding carboxylic acids is 2. The molecule has 0 fully saturated rings. The Morgan fingerprint density at radius 3 is 2.67 bits per heavy atom. The number of hydrogen-bond acceptors (Lipinski definition) is 9. The zero-order chi connectivity index (χ0) is 25.2. The summed E-state index contributed by atoms with van der Waals surface area (Å²) in [5.74, 6) is 1.07. The van der Waals surface area contributed by atoms with E-state index in [1.54, 1.807) is 29.6 Å². The van der Waals surface area contributed by atoms with Crippen molar-refractivity contribution in [2.45, 2.75) is 13.3 Å². The van der Waals surface area contributed by atoms with Crippen molar-refractivity contribution in [2.75, 3.05) is 32.6 Å². The van der Waals surface area contributed by atoms with Crippen LogP contribution in [0.4, 0.5) is 5.82 Å². The molecule has 0 unspecified atom stereocenters. The molecule has 1 aromatic carbocycles. The van der Waals surface area contributed by atoms with E-state index >= 15 is 0 Å². The van der Waals surface area contributed by atoms with Crippen molar-refractivity contribution in [3.63, 3.8) is 0 Å². The van der Waals surface area contributed by atoms with Gasteiger partial charge < -0.3 is 15.0 Å². The highest BCUT2D eigenvalue weighted by Gasteiger charge is 2.28. The molecule has 0 aliphatic carbocycles. The van der Waals surface area contributed by atoms with Crippen molar-refractivity contribution < 1.29 is 14.3 Å². The van der Waals surface area contributed by atoms with Crippen LogP contribution in [0.15, 0.2) is 59.1 Å². The fourth-order valence-corrected chi connectivity index (χ4v) is 5.49. The Hall–Kier alpha value is -3.60. The predicted molar refractivity (Wildman–Crippen MR) is 143 cm³/mol. The third-order valence-electron chi connectivity index (χ3n) is 5.68. The number of anilines is 1. The van der Waals surface area contributed by atoms with Gasteiger partial charge in [-0.25, -0.2) is 9.97 Å². The van der Waals surface area contributed by atoms with Gasteiger partial charge in [0.15, 0.2) is 5.82 Å². The van der Waals surface area contributed by atoms with Gasteiger partial charge in [0.25, 0.3) is 11.8 Å². The van der Waals surface area contributed by atoms with Crippen LogP contribution < -0.4 is 15.4 Å². The third kappa shape index (κ3) is 5.15. The molecule has 0 saturated carbocycles. The normalized spacial score (nSPS) is 13.7. The van der Waals surface area contributed by atoms with E-state index < -0.39 is 11.8 Å². The van der Waals surface area contributed by atoms with Gasteiger partial charge in [-0.15, -0.1) is 22.7 Å². The van der Waals surface area contributed by atoms with E-state index in [9.17, 15) is 9.59 Å². The first kappa shape index (κ1) is 24.1. The summed E-state index contributed by atoms with van der Waals surface area (Å²) in [7, 11) is 4.04. The Balaban J connectivity index is 1.47. The maximum absolute atomic E-state index is 12.3. The fraction of sp³-hybridized carbons (Fsp3) is 0.231. The van der Waals surface area contributed by atoms with Crippen molar-refractivity contribution in [1.29, 1.82) is 0 Å². The maximum Gasteiger partial charge on any atom is 0.275 e. The summed E-state index contributed by atoms with van der Waals surface area (Å²) >= 11 is 3.13. The molecule has 184 valence electrons. The van der Waals surface area contributed by atoms with Gasteiger partial charge in [-0.05, 0) is 56.2 Å². The number of nitrogens with zero attached hydrogens (tertiary/aromatic N) is 3. The van der Waals surface area contributed by atoms with E-state index in [0.29, 0.717) is 30.2 Å². The van der Waals surface area contributed by atoms with E-state index in [2.05, 4.69) is 27.7 Å². The van der Waals surface area contributed by atoms with Crippen LogP contribution in [0.1, 0.15) is 17.4 Å². The average Bonchev–Trinajstić information content (AvgIpc) is 3.56. The fourth-order valence-electron chi connectivity index (χ4n) is 3.77. The molecule has 2 N–H and O–H groups in total. The Bertz CT molecular complexity index is 1470. The molecule has 0 saturated heterocycles. The van der Waals surface area contributed by atoms with Crippen LogP contribution in [0.25, 0.3) is 20.9 Å². The van der Waals surface area contributed by atoms with Crippen molar-refractivity contribution in [1.82, 2.24) is 20.2 Å². The van der Waals surface area contributed by atoms with Gasteiger partial charge in [-0.3, -0.25) is 14.9 Å². The number of ether oxygens (including phenoxy) is 1. The number of benzene rings is 1. The van der Waals surface area contributed by atoms with E-state index in [1.165, 1.54) is 0 Å². The molecule has 2 amide bonds. The summed E-state index contributed by atoms with van der Waals surface area (Å²) in [5.41, 5.74) is 1.68. The lowest BCUT2D eigenvalue weighted by Gasteiger charge is -2.11. The number of imide groups is 1. The minimum absolute atomic E-state index is 0.215. The average molecular weight is 520 g/mol. The summed E-state index contributed by atoms with van der Waals surface area (Å²) in [5, 5.41) is 8.22. The molecule has 1 aliphatic heterocycles. The van der Waals surface area contributed by atoms with Crippen LogP contribution in [-0.2, 0) is 16.0 Å². The predicted octanol–water partition coefficient (Wildman–Crippen LogP) is 4.29. The lowest BCUT2D eigenvalue weighted by molar-refractivity contribution is -0.124. The number of aromatic nitrogens is 2. The number of fused-ring (bicyclic) bond motifs is 1. The zero-order valence-corrected chi connectivity index (χ0v) is 21.8. The number of amides is 2. The monoisotopic (exact) mass is 519 g/mol. The zero-order valence-electron chi connectivity index (χ0n) is 20.1. The highest BCUT2D eigenvalue weighted by Crippen LogP contribution is 2.35. The van der Waals surface area contributed by atoms with Gasteiger partial charge >= 0.3 is 0 Å². The molecular weight excluding hydrogens is 494 g/mol. The van der Waals surface area contributed by atoms with Gasteiger partial charge in [-0.1, -0.05) is 18.2 Å². The van der Waals surface area contributed by atoms with E-state index in [0.717, 1.165) is 37.8 Å². The highest BCUT2D eigenvalue weighted by atomic mass is 32.1. The van der Waals surface area contributed by atoms with Crippen molar-refractivity contribution in [3.8, 4) is 16.5 Å². The molecule has 3 aromatic heterocycles. The summed E-state index contributed by atoms with van der Waals surface area (Å²) < 4.78 is 5.89. The molecule has 36 heavy (non-hydrogen) atoms. The molecule has 0 atom stereocenters. The topological polar surface area (TPSA) is 96.5 Å². The molecule has 10 heteroatoms. The van der Waals surface area contributed by atoms with Gasteiger partial charge in [0, 0.05) is 23.4 Å². The highest BCUT2D eigenvalue weighted by molar-refractivity contribution is 7.18. The summed E-state index contributed by atoms with van der Waals surface area (Å²) in [6, 6.07) is 14.1. The van der Waals surface area contributed by atoms with Crippen LogP contribution in [0, 0.1) is 0 Å². The van der Waals surface area contributed by atoms with Crippen LogP contribution in [0.5, 0.6) is 5.75 Å². The molecule has 8 nitrogen and oxygen atoms in total. The molecule has 4 aromatic rings. The maximum atomic E-state index is 12.3. The quantitative estimate of drug-likeness (QED) is 0.319. The number of rotatable bonds is 9. The Kier molecular flexibility index (Phi) is 6.82. The molecule has 0 bridgehead atoms. The third-order valence-corrected chi connectivity index (χ3v) is 7.58. The lowest BCUT2D eigenvalue weighted by Crippen LogP contribution is -2.24. The first-order valence-corrected chi connectivity index (χ1v) is 13.1. The van der Waals surface area contributed by atoms with Crippen LogP contribution in [-0.4, -0.2) is 53.9 Å². The lowest BCUT2D eigenvalue weighted by atomic mass is 10.1. The molecule has 1 aliphatic rings. The van der Waals surface area contributed by atoms with Crippen LogP contribution >= 0.6 is 22.7 Å². The molecule has 0 spiro atoms. The second-order valence-corrected chi connectivity index (χ2v) is 10.8. The minimum atomic E-state index is -0.455. The van der Waals surface area contributed by atoms with Crippen molar-refractivity contribution in [3.05, 3.63) is 69.6 Å². The first-order chi connectivity index (χ1) is 17.4. The molecule has 0 radical (unpaired) electrons. The van der Waals surface area contributed by atoms with Gasteiger partial charge in [0.1, 0.15) is 28.7 Å². The molecule has 5 rings (SSSR count). The standard InChI is InChI=1S/C26H25N5O3S2/c1-15-21(25(33)30-24(15)32)27-22-19-14-18(36-26(19)29-23(28-22)20-8-5-11-35-20)13-16-6-4-7-17(12-16)34-10-9-31(2)3/h4-8,11-12,14H,9-10,13H2,1-3H3,(H2,27,28,29,30,32,33). The van der Waals surface area contributed by atoms with Crippen molar-refractivity contribution >= 4 is 50.5 Å². The number of thiophene rings is 2. The number of hydrogen-bond donors (Lipinski definition) is 2.